The second kappa shape index (κ2) is 11.0. The molecule has 2 saturated heterocycles. The summed E-state index contributed by atoms with van der Waals surface area (Å²) in [5.41, 5.74) is 2.31. The lowest BCUT2D eigenvalue weighted by atomic mass is 9.96. The Balaban J connectivity index is 1.21. The van der Waals surface area contributed by atoms with Crippen LogP contribution in [0.4, 0.5) is 22.7 Å². The average molecular weight is 469 g/mol. The fraction of sp³-hybridized carbons (Fsp3) is 0.417. The summed E-state index contributed by atoms with van der Waals surface area (Å²) in [6.07, 6.45) is 1.02. The van der Waals surface area contributed by atoms with Crippen LogP contribution in [0.1, 0.15) is 12.8 Å². The maximum atomic E-state index is 12.4. The Labute approximate surface area is 197 Å². The van der Waals surface area contributed by atoms with Crippen LogP contribution in [-0.4, -0.2) is 62.8 Å². The number of carbonyl (C=O) groups is 2. The third kappa shape index (κ3) is 5.82. The monoisotopic (exact) mass is 468 g/mol. The lowest BCUT2D eigenvalue weighted by Crippen LogP contribution is -2.37. The summed E-state index contributed by atoms with van der Waals surface area (Å²) in [6.45, 7) is 3.74. The molecule has 2 heterocycles. The number of carbonyl (C=O) groups excluding carboxylic acids is 2. The van der Waals surface area contributed by atoms with Crippen LogP contribution in [0.25, 0.3) is 0 Å². The van der Waals surface area contributed by atoms with Gasteiger partial charge in [0.15, 0.2) is 6.61 Å². The Morgan fingerprint density at radius 1 is 1.00 bits per heavy atom. The van der Waals surface area contributed by atoms with Gasteiger partial charge in [0.1, 0.15) is 5.69 Å². The van der Waals surface area contributed by atoms with Crippen LogP contribution in [0.2, 0.25) is 0 Å². The fourth-order valence-corrected chi connectivity index (χ4v) is 4.27. The number of hydrogen-bond donors (Lipinski definition) is 1. The molecule has 2 aliphatic heterocycles. The van der Waals surface area contributed by atoms with E-state index in [0.29, 0.717) is 50.5 Å². The van der Waals surface area contributed by atoms with E-state index >= 15 is 0 Å². The normalized spacial score (nSPS) is 16.7. The average Bonchev–Trinajstić information content (AvgIpc) is 2.88. The molecule has 0 unspecified atom stereocenters. The molecule has 2 aromatic rings. The number of nitrogens with one attached hydrogen (secondary N) is 1. The van der Waals surface area contributed by atoms with Crippen molar-refractivity contribution < 1.29 is 24.0 Å². The highest BCUT2D eigenvalue weighted by Crippen LogP contribution is 2.31. The number of piperidine rings is 1. The minimum absolute atomic E-state index is 0.0539. The molecule has 0 radical (unpaired) electrons. The number of benzene rings is 2. The Kier molecular flexibility index (Phi) is 7.58. The predicted octanol–water partition coefficient (Wildman–Crippen LogP) is 2.83. The zero-order valence-corrected chi connectivity index (χ0v) is 18.9. The SMILES string of the molecule is O=C(COC(=O)C1CCN(c2ccccc2[N+](=O)[O-])CC1)Nc1ccc(N2CCOCC2)cc1. The van der Waals surface area contributed by atoms with Gasteiger partial charge < -0.3 is 24.6 Å². The first-order valence-corrected chi connectivity index (χ1v) is 11.4. The first-order valence-electron chi connectivity index (χ1n) is 11.4. The second-order valence-corrected chi connectivity index (χ2v) is 8.31. The maximum Gasteiger partial charge on any atom is 0.309 e. The molecule has 0 bridgehead atoms. The van der Waals surface area contributed by atoms with Crippen LogP contribution in [0.15, 0.2) is 48.5 Å². The van der Waals surface area contributed by atoms with Crippen LogP contribution < -0.4 is 15.1 Å². The minimum atomic E-state index is -0.417. The van der Waals surface area contributed by atoms with E-state index in [4.69, 9.17) is 9.47 Å². The molecule has 0 saturated carbocycles. The number of para-hydroxylation sites is 2. The van der Waals surface area contributed by atoms with Crippen molar-refractivity contribution in [3.63, 3.8) is 0 Å². The summed E-state index contributed by atoms with van der Waals surface area (Å²) in [6, 6.07) is 14.1. The summed E-state index contributed by atoms with van der Waals surface area (Å²) in [5.74, 6) is -1.15. The van der Waals surface area contributed by atoms with E-state index in [1.165, 1.54) is 6.07 Å². The lowest BCUT2D eigenvalue weighted by Gasteiger charge is -2.32. The third-order valence-corrected chi connectivity index (χ3v) is 6.12. The van der Waals surface area contributed by atoms with Gasteiger partial charge in [-0.3, -0.25) is 19.7 Å². The van der Waals surface area contributed by atoms with Crippen molar-refractivity contribution in [1.82, 2.24) is 0 Å². The third-order valence-electron chi connectivity index (χ3n) is 6.12. The fourth-order valence-electron chi connectivity index (χ4n) is 4.27. The molecule has 2 aromatic carbocycles. The Morgan fingerprint density at radius 3 is 2.35 bits per heavy atom. The Hall–Kier alpha value is -3.66. The molecule has 1 amide bonds. The molecule has 34 heavy (non-hydrogen) atoms. The predicted molar refractivity (Wildman–Crippen MR) is 127 cm³/mol. The van der Waals surface area contributed by atoms with Crippen molar-refractivity contribution in [1.29, 1.82) is 0 Å². The van der Waals surface area contributed by atoms with E-state index < -0.39 is 16.8 Å². The van der Waals surface area contributed by atoms with E-state index in [1.807, 2.05) is 29.2 Å². The molecule has 0 aromatic heterocycles. The highest BCUT2D eigenvalue weighted by atomic mass is 16.6. The number of nitro groups is 1. The number of esters is 1. The zero-order chi connectivity index (χ0) is 23.9. The van der Waals surface area contributed by atoms with Crippen LogP contribution >= 0.6 is 0 Å². The van der Waals surface area contributed by atoms with Crippen LogP contribution in [0.5, 0.6) is 0 Å². The molecular weight excluding hydrogens is 440 g/mol. The minimum Gasteiger partial charge on any atom is -0.455 e. The first-order chi connectivity index (χ1) is 16.5. The first kappa shape index (κ1) is 23.5. The molecule has 10 nitrogen and oxygen atoms in total. The van der Waals surface area contributed by atoms with Gasteiger partial charge in [0, 0.05) is 43.6 Å². The van der Waals surface area contributed by atoms with Gasteiger partial charge in [0.2, 0.25) is 0 Å². The van der Waals surface area contributed by atoms with Crippen molar-refractivity contribution in [3.05, 3.63) is 58.6 Å². The number of amides is 1. The van der Waals surface area contributed by atoms with Gasteiger partial charge in [0.05, 0.1) is 24.1 Å². The van der Waals surface area contributed by atoms with E-state index in [9.17, 15) is 19.7 Å². The molecule has 0 spiro atoms. The quantitative estimate of drug-likeness (QED) is 0.375. The van der Waals surface area contributed by atoms with Crippen LogP contribution in [-0.2, 0) is 19.1 Å². The van der Waals surface area contributed by atoms with Gasteiger partial charge in [0.25, 0.3) is 11.6 Å². The second-order valence-electron chi connectivity index (χ2n) is 8.31. The molecule has 0 atom stereocenters. The van der Waals surface area contributed by atoms with Crippen molar-refractivity contribution >= 4 is 34.6 Å². The summed E-state index contributed by atoms with van der Waals surface area (Å²) < 4.78 is 10.6. The van der Waals surface area contributed by atoms with Gasteiger partial charge in [-0.25, -0.2) is 0 Å². The molecule has 0 aliphatic carbocycles. The van der Waals surface area contributed by atoms with E-state index in [2.05, 4.69) is 10.2 Å². The highest BCUT2D eigenvalue weighted by Gasteiger charge is 2.29. The number of ether oxygens (including phenoxy) is 2. The standard InChI is InChI=1S/C24H28N4O6/c29-23(25-19-5-7-20(8-6-19)26-13-15-33-16-14-26)17-34-24(30)18-9-11-27(12-10-18)21-3-1-2-4-22(21)28(31)32/h1-8,18H,9-17H2,(H,25,29). The van der Waals surface area contributed by atoms with Crippen LogP contribution in [0.3, 0.4) is 0 Å². The summed E-state index contributed by atoms with van der Waals surface area (Å²) in [5, 5.41) is 14.0. The number of nitro benzene ring substituents is 1. The number of anilines is 3. The largest absolute Gasteiger partial charge is 0.455 e. The van der Waals surface area contributed by atoms with Gasteiger partial charge in [-0.1, -0.05) is 12.1 Å². The molecule has 1 N–H and O–H groups in total. The summed E-state index contributed by atoms with van der Waals surface area (Å²) in [4.78, 5) is 39.7. The lowest BCUT2D eigenvalue weighted by molar-refractivity contribution is -0.384. The van der Waals surface area contributed by atoms with Crippen LogP contribution in [0, 0.1) is 16.0 Å². The summed E-state index contributed by atoms with van der Waals surface area (Å²) >= 11 is 0. The van der Waals surface area contributed by atoms with Crippen molar-refractivity contribution in [2.45, 2.75) is 12.8 Å². The Bertz CT molecular complexity index is 1010. The Morgan fingerprint density at radius 2 is 1.68 bits per heavy atom. The molecule has 4 rings (SSSR count). The number of rotatable bonds is 7. The van der Waals surface area contributed by atoms with E-state index in [0.717, 1.165) is 18.8 Å². The van der Waals surface area contributed by atoms with Gasteiger partial charge in [-0.05, 0) is 43.2 Å². The molecule has 2 fully saturated rings. The number of hydrogen-bond acceptors (Lipinski definition) is 8. The van der Waals surface area contributed by atoms with Gasteiger partial charge in [-0.2, -0.15) is 0 Å². The molecular formula is C24H28N4O6. The van der Waals surface area contributed by atoms with Crippen molar-refractivity contribution in [3.8, 4) is 0 Å². The van der Waals surface area contributed by atoms with Gasteiger partial charge >= 0.3 is 5.97 Å². The highest BCUT2D eigenvalue weighted by molar-refractivity contribution is 5.93. The van der Waals surface area contributed by atoms with E-state index in [1.54, 1.807) is 18.2 Å². The van der Waals surface area contributed by atoms with Gasteiger partial charge in [-0.15, -0.1) is 0 Å². The topological polar surface area (TPSA) is 114 Å². The van der Waals surface area contributed by atoms with E-state index in [-0.39, 0.29) is 18.2 Å². The molecule has 180 valence electrons. The number of morpholine rings is 1. The zero-order valence-electron chi connectivity index (χ0n) is 18.9. The number of nitrogens with zero attached hydrogens (tertiary/aromatic N) is 3. The smallest absolute Gasteiger partial charge is 0.309 e. The van der Waals surface area contributed by atoms with Crippen molar-refractivity contribution in [2.75, 3.05) is 61.1 Å². The molecule has 10 heteroatoms. The maximum absolute atomic E-state index is 12.4. The van der Waals surface area contributed by atoms with Crippen molar-refractivity contribution in [2.24, 2.45) is 5.92 Å². The molecule has 2 aliphatic rings. The summed E-state index contributed by atoms with van der Waals surface area (Å²) in [7, 11) is 0.